The van der Waals surface area contributed by atoms with E-state index in [9.17, 15) is 14.9 Å². The molecular weight excluding hydrogens is 222 g/mol. The maximum Gasteiger partial charge on any atom is 0.284 e. The molecule has 0 N–H and O–H groups in total. The molecule has 0 aliphatic rings. The highest BCUT2D eigenvalue weighted by Crippen LogP contribution is 2.35. The molecule has 0 heterocycles. The fourth-order valence-electron chi connectivity index (χ4n) is 1.24. The SMILES string of the molecule is COc1c(Cl)ccc([N+](=O)[O-])c1C(C)=O. The molecule has 0 amide bonds. The summed E-state index contributed by atoms with van der Waals surface area (Å²) in [7, 11) is 1.30. The van der Waals surface area contributed by atoms with Gasteiger partial charge in [0.05, 0.1) is 17.1 Å². The molecule has 0 fully saturated rings. The van der Waals surface area contributed by atoms with Gasteiger partial charge >= 0.3 is 0 Å². The van der Waals surface area contributed by atoms with Crippen molar-refractivity contribution in [3.63, 3.8) is 0 Å². The quantitative estimate of drug-likeness (QED) is 0.454. The highest BCUT2D eigenvalue weighted by molar-refractivity contribution is 6.33. The van der Waals surface area contributed by atoms with Crippen LogP contribution in [-0.4, -0.2) is 17.8 Å². The van der Waals surface area contributed by atoms with Crippen molar-refractivity contribution in [2.45, 2.75) is 6.92 Å². The minimum Gasteiger partial charge on any atom is -0.494 e. The van der Waals surface area contributed by atoms with Gasteiger partial charge in [0.25, 0.3) is 5.69 Å². The summed E-state index contributed by atoms with van der Waals surface area (Å²) in [6.45, 7) is 1.22. The Labute approximate surface area is 90.8 Å². The lowest BCUT2D eigenvalue weighted by Crippen LogP contribution is -2.03. The van der Waals surface area contributed by atoms with Crippen LogP contribution in [0.4, 0.5) is 5.69 Å². The zero-order valence-corrected chi connectivity index (χ0v) is 8.87. The predicted octanol–water partition coefficient (Wildman–Crippen LogP) is 2.46. The number of nitrogens with zero attached hydrogens (tertiary/aromatic N) is 1. The molecule has 0 unspecified atom stereocenters. The number of hydrogen-bond donors (Lipinski definition) is 0. The average molecular weight is 230 g/mol. The summed E-state index contributed by atoms with van der Waals surface area (Å²) in [5.41, 5.74) is -0.404. The Morgan fingerprint density at radius 2 is 2.13 bits per heavy atom. The molecule has 1 rings (SSSR count). The van der Waals surface area contributed by atoms with E-state index < -0.39 is 10.7 Å². The largest absolute Gasteiger partial charge is 0.494 e. The average Bonchev–Trinajstić information content (AvgIpc) is 2.16. The van der Waals surface area contributed by atoms with Crippen molar-refractivity contribution in [3.8, 4) is 5.75 Å². The van der Waals surface area contributed by atoms with E-state index in [1.165, 1.54) is 26.2 Å². The first-order valence-electron chi connectivity index (χ1n) is 4.00. The van der Waals surface area contributed by atoms with Gasteiger partial charge in [-0.25, -0.2) is 0 Å². The molecule has 80 valence electrons. The molecule has 0 saturated heterocycles. The number of nitro benzene ring substituents is 1. The molecule has 0 spiro atoms. The fourth-order valence-corrected chi connectivity index (χ4v) is 1.47. The normalized spacial score (nSPS) is 9.80. The second-order valence-electron chi connectivity index (χ2n) is 2.79. The van der Waals surface area contributed by atoms with Gasteiger partial charge < -0.3 is 4.74 Å². The first kappa shape index (κ1) is 11.5. The molecule has 0 aliphatic carbocycles. The topological polar surface area (TPSA) is 69.4 Å². The summed E-state index contributed by atoms with van der Waals surface area (Å²) in [5.74, 6) is -0.417. The van der Waals surface area contributed by atoms with Crippen LogP contribution in [-0.2, 0) is 0 Å². The molecule has 0 aliphatic heterocycles. The Balaban J connectivity index is 3.56. The number of ketones is 1. The van der Waals surface area contributed by atoms with Crippen molar-refractivity contribution < 1.29 is 14.5 Å². The van der Waals surface area contributed by atoms with E-state index >= 15 is 0 Å². The highest BCUT2D eigenvalue weighted by Gasteiger charge is 2.24. The Kier molecular flexibility index (Phi) is 3.26. The number of Topliss-reactive ketones (excluding diaryl/α,β-unsaturated/α-hetero) is 1. The second kappa shape index (κ2) is 4.27. The molecule has 5 nitrogen and oxygen atoms in total. The van der Waals surface area contributed by atoms with E-state index in [1.54, 1.807) is 0 Å². The fraction of sp³-hybridized carbons (Fsp3) is 0.222. The second-order valence-corrected chi connectivity index (χ2v) is 3.20. The Bertz CT molecular complexity index is 430. The van der Waals surface area contributed by atoms with Gasteiger partial charge in [-0.2, -0.15) is 0 Å². The maximum absolute atomic E-state index is 11.3. The van der Waals surface area contributed by atoms with E-state index in [2.05, 4.69) is 0 Å². The van der Waals surface area contributed by atoms with E-state index in [0.29, 0.717) is 0 Å². The number of ether oxygens (including phenoxy) is 1. The number of carbonyl (C=O) groups excluding carboxylic acids is 1. The number of carbonyl (C=O) groups is 1. The van der Waals surface area contributed by atoms with Gasteiger partial charge in [-0.1, -0.05) is 11.6 Å². The van der Waals surface area contributed by atoms with Gasteiger partial charge in [0.15, 0.2) is 11.5 Å². The minimum absolute atomic E-state index is 0.0402. The third-order valence-electron chi connectivity index (χ3n) is 1.84. The van der Waals surface area contributed by atoms with Crippen molar-refractivity contribution in [1.82, 2.24) is 0 Å². The van der Waals surface area contributed by atoms with Crippen LogP contribution in [0.1, 0.15) is 17.3 Å². The third kappa shape index (κ3) is 2.07. The van der Waals surface area contributed by atoms with Gasteiger partial charge in [0, 0.05) is 6.07 Å². The van der Waals surface area contributed by atoms with Crippen molar-refractivity contribution >= 4 is 23.1 Å². The van der Waals surface area contributed by atoms with Crippen LogP contribution in [0.15, 0.2) is 12.1 Å². The Morgan fingerprint density at radius 3 is 2.53 bits per heavy atom. The Morgan fingerprint density at radius 1 is 1.53 bits per heavy atom. The first-order valence-corrected chi connectivity index (χ1v) is 4.38. The number of benzene rings is 1. The number of methoxy groups -OCH3 is 1. The van der Waals surface area contributed by atoms with Crippen LogP contribution < -0.4 is 4.74 Å². The van der Waals surface area contributed by atoms with Crippen LogP contribution in [0.3, 0.4) is 0 Å². The smallest absolute Gasteiger partial charge is 0.284 e. The summed E-state index contributed by atoms with van der Waals surface area (Å²) in [5, 5.41) is 10.8. The van der Waals surface area contributed by atoms with Crippen LogP contribution in [0.5, 0.6) is 5.75 Å². The van der Waals surface area contributed by atoms with Crippen molar-refractivity contribution in [2.75, 3.05) is 7.11 Å². The standard InChI is InChI=1S/C9H8ClNO4/c1-5(12)8-7(11(13)14)4-3-6(10)9(8)15-2/h3-4H,1-2H3. The zero-order chi connectivity index (χ0) is 11.6. The molecule has 1 aromatic carbocycles. The molecule has 6 heteroatoms. The highest BCUT2D eigenvalue weighted by atomic mass is 35.5. The number of nitro groups is 1. The monoisotopic (exact) mass is 229 g/mol. The number of rotatable bonds is 3. The van der Waals surface area contributed by atoms with E-state index in [1.807, 2.05) is 0 Å². The van der Waals surface area contributed by atoms with E-state index in [4.69, 9.17) is 16.3 Å². The van der Waals surface area contributed by atoms with Gasteiger partial charge in [-0.05, 0) is 13.0 Å². The van der Waals surface area contributed by atoms with Crippen molar-refractivity contribution in [2.24, 2.45) is 0 Å². The van der Waals surface area contributed by atoms with Gasteiger partial charge in [-0.15, -0.1) is 0 Å². The molecule has 0 radical (unpaired) electrons. The summed E-state index contributed by atoms with van der Waals surface area (Å²) in [4.78, 5) is 21.3. The summed E-state index contributed by atoms with van der Waals surface area (Å²) < 4.78 is 4.87. The molecule has 0 aromatic heterocycles. The number of halogens is 1. The number of hydrogen-bond acceptors (Lipinski definition) is 4. The van der Waals surface area contributed by atoms with Crippen molar-refractivity contribution in [3.05, 3.63) is 32.8 Å². The molecule has 0 bridgehead atoms. The lowest BCUT2D eigenvalue weighted by Gasteiger charge is -2.07. The van der Waals surface area contributed by atoms with Crippen LogP contribution in [0.25, 0.3) is 0 Å². The van der Waals surface area contributed by atoms with Crippen LogP contribution >= 0.6 is 11.6 Å². The predicted molar refractivity (Wildman–Crippen MR) is 54.7 cm³/mol. The molecule has 0 atom stereocenters. The lowest BCUT2D eigenvalue weighted by atomic mass is 10.1. The molecule has 1 aromatic rings. The van der Waals surface area contributed by atoms with Crippen LogP contribution in [0, 0.1) is 10.1 Å². The molecule has 0 saturated carbocycles. The molecular formula is C9H8ClNO4. The van der Waals surface area contributed by atoms with E-state index in [-0.39, 0.29) is 22.0 Å². The van der Waals surface area contributed by atoms with E-state index in [0.717, 1.165) is 0 Å². The molecule has 15 heavy (non-hydrogen) atoms. The van der Waals surface area contributed by atoms with Gasteiger partial charge in [0.1, 0.15) is 5.56 Å². The van der Waals surface area contributed by atoms with Gasteiger partial charge in [0.2, 0.25) is 0 Å². The first-order chi connectivity index (χ1) is 6.99. The maximum atomic E-state index is 11.3. The zero-order valence-electron chi connectivity index (χ0n) is 8.11. The van der Waals surface area contributed by atoms with Gasteiger partial charge in [-0.3, -0.25) is 14.9 Å². The lowest BCUT2D eigenvalue weighted by molar-refractivity contribution is -0.385. The minimum atomic E-state index is -0.643. The van der Waals surface area contributed by atoms with Crippen molar-refractivity contribution in [1.29, 1.82) is 0 Å². The summed E-state index contributed by atoms with van der Waals surface area (Å²) in [6, 6.07) is 2.51. The Hall–Kier alpha value is -1.62. The summed E-state index contributed by atoms with van der Waals surface area (Å²) in [6.07, 6.45) is 0. The third-order valence-corrected chi connectivity index (χ3v) is 2.14. The summed E-state index contributed by atoms with van der Waals surface area (Å²) >= 11 is 5.75. The van der Waals surface area contributed by atoms with Crippen LogP contribution in [0.2, 0.25) is 5.02 Å².